The molecule has 0 fully saturated rings. The predicted molar refractivity (Wildman–Crippen MR) is 99.8 cm³/mol. The van der Waals surface area contributed by atoms with Gasteiger partial charge in [0, 0.05) is 20.5 Å². The normalized spacial score (nSPS) is 11.8. The van der Waals surface area contributed by atoms with Gasteiger partial charge in [-0.2, -0.15) is 0 Å². The molecule has 5 nitrogen and oxygen atoms in total. The van der Waals surface area contributed by atoms with Crippen molar-refractivity contribution in [2.75, 3.05) is 14.1 Å². The quantitative estimate of drug-likeness (QED) is 0.805. The summed E-state index contributed by atoms with van der Waals surface area (Å²) in [6, 6.07) is 15.6. The van der Waals surface area contributed by atoms with Crippen molar-refractivity contribution in [3.8, 4) is 11.1 Å². The zero-order valence-corrected chi connectivity index (χ0v) is 14.7. The number of primary amides is 1. The lowest BCUT2D eigenvalue weighted by molar-refractivity contribution is -0.130. The number of nitrogens with two attached hydrogens (primary N) is 2. The average molecular weight is 339 g/mol. The third kappa shape index (κ3) is 5.43. The molecule has 0 aliphatic carbocycles. The third-order valence-corrected chi connectivity index (χ3v) is 4.11. The highest BCUT2D eigenvalue weighted by molar-refractivity contribution is 5.81. The SMILES string of the molecule is CN(C)C(=O)C(N)Cc1ccc(-c2ccc(CCC(N)=O)cc2)cc1. The average Bonchev–Trinajstić information content (AvgIpc) is 2.60. The number of benzene rings is 2. The topological polar surface area (TPSA) is 89.4 Å². The summed E-state index contributed by atoms with van der Waals surface area (Å²) >= 11 is 0. The summed E-state index contributed by atoms with van der Waals surface area (Å²) < 4.78 is 0. The number of carbonyl (C=O) groups excluding carboxylic acids is 2. The highest BCUT2D eigenvalue weighted by Gasteiger charge is 2.15. The lowest BCUT2D eigenvalue weighted by atomic mass is 9.99. The highest BCUT2D eigenvalue weighted by Crippen LogP contribution is 2.21. The van der Waals surface area contributed by atoms with Crippen molar-refractivity contribution in [1.82, 2.24) is 4.90 Å². The molecule has 0 radical (unpaired) electrons. The van der Waals surface area contributed by atoms with Gasteiger partial charge in [-0.3, -0.25) is 9.59 Å². The Morgan fingerprint density at radius 3 is 1.84 bits per heavy atom. The van der Waals surface area contributed by atoms with Crippen LogP contribution in [0.5, 0.6) is 0 Å². The van der Waals surface area contributed by atoms with Gasteiger partial charge < -0.3 is 16.4 Å². The van der Waals surface area contributed by atoms with Crippen LogP contribution in [-0.4, -0.2) is 36.9 Å². The van der Waals surface area contributed by atoms with Gasteiger partial charge in [-0.15, -0.1) is 0 Å². The minimum Gasteiger partial charge on any atom is -0.370 e. The van der Waals surface area contributed by atoms with E-state index in [0.29, 0.717) is 19.3 Å². The summed E-state index contributed by atoms with van der Waals surface area (Å²) in [4.78, 5) is 24.2. The molecule has 0 aromatic heterocycles. The number of amides is 2. The second-order valence-corrected chi connectivity index (χ2v) is 6.40. The van der Waals surface area contributed by atoms with Gasteiger partial charge in [0.2, 0.25) is 11.8 Å². The molecule has 0 bridgehead atoms. The molecule has 0 saturated carbocycles. The van der Waals surface area contributed by atoms with E-state index in [1.165, 1.54) is 4.90 Å². The van der Waals surface area contributed by atoms with Gasteiger partial charge in [-0.05, 0) is 35.1 Å². The summed E-state index contributed by atoms with van der Waals surface area (Å²) in [6.07, 6.45) is 1.54. The molecular formula is C20H25N3O2. The molecule has 0 aliphatic rings. The zero-order valence-electron chi connectivity index (χ0n) is 14.7. The first kappa shape index (κ1) is 18.7. The molecule has 0 saturated heterocycles. The van der Waals surface area contributed by atoms with E-state index in [4.69, 9.17) is 11.5 Å². The van der Waals surface area contributed by atoms with Crippen molar-refractivity contribution >= 4 is 11.8 Å². The fourth-order valence-corrected chi connectivity index (χ4v) is 2.64. The van der Waals surface area contributed by atoms with Crippen molar-refractivity contribution in [3.05, 3.63) is 59.7 Å². The third-order valence-electron chi connectivity index (χ3n) is 4.11. The van der Waals surface area contributed by atoms with Crippen molar-refractivity contribution in [2.45, 2.75) is 25.3 Å². The first-order valence-corrected chi connectivity index (χ1v) is 8.30. The second-order valence-electron chi connectivity index (χ2n) is 6.40. The Bertz CT molecular complexity index is 722. The number of likely N-dealkylation sites (N-methyl/N-ethyl adjacent to an activating group) is 1. The number of rotatable bonds is 7. The number of carbonyl (C=O) groups is 2. The minimum absolute atomic E-state index is 0.0735. The Morgan fingerprint density at radius 1 is 0.920 bits per heavy atom. The number of nitrogens with zero attached hydrogens (tertiary/aromatic N) is 1. The van der Waals surface area contributed by atoms with E-state index < -0.39 is 6.04 Å². The van der Waals surface area contributed by atoms with E-state index in [1.54, 1.807) is 14.1 Å². The summed E-state index contributed by atoms with van der Waals surface area (Å²) in [5.74, 6) is -0.360. The number of hydrogen-bond donors (Lipinski definition) is 2. The Balaban J connectivity index is 2.02. The van der Waals surface area contributed by atoms with E-state index in [1.807, 2.05) is 48.5 Å². The molecule has 4 N–H and O–H groups in total. The van der Waals surface area contributed by atoms with Crippen LogP contribution in [-0.2, 0) is 22.4 Å². The molecule has 2 rings (SSSR count). The summed E-state index contributed by atoms with van der Waals surface area (Å²) in [7, 11) is 3.41. The monoisotopic (exact) mass is 339 g/mol. The van der Waals surface area contributed by atoms with Gasteiger partial charge in [-0.25, -0.2) is 0 Å². The van der Waals surface area contributed by atoms with Crippen LogP contribution in [0.25, 0.3) is 11.1 Å². The fourth-order valence-electron chi connectivity index (χ4n) is 2.64. The maximum atomic E-state index is 11.8. The molecular weight excluding hydrogens is 314 g/mol. The van der Waals surface area contributed by atoms with Crippen molar-refractivity contribution in [2.24, 2.45) is 11.5 Å². The first-order valence-electron chi connectivity index (χ1n) is 8.30. The first-order chi connectivity index (χ1) is 11.9. The number of aryl methyl sites for hydroxylation is 1. The Hall–Kier alpha value is -2.66. The molecule has 0 spiro atoms. The Labute approximate surface area is 148 Å². The maximum Gasteiger partial charge on any atom is 0.239 e. The van der Waals surface area contributed by atoms with Gasteiger partial charge in [-0.1, -0.05) is 48.5 Å². The second kappa shape index (κ2) is 8.44. The molecule has 2 amide bonds. The summed E-state index contributed by atoms with van der Waals surface area (Å²) in [6.45, 7) is 0. The van der Waals surface area contributed by atoms with Crippen LogP contribution >= 0.6 is 0 Å². The molecule has 1 atom stereocenters. The highest BCUT2D eigenvalue weighted by atomic mass is 16.2. The molecule has 132 valence electrons. The van der Waals surface area contributed by atoms with E-state index >= 15 is 0 Å². The standard InChI is InChI=1S/C20H25N3O2/c1-23(2)20(25)18(21)13-15-5-10-17(11-6-15)16-8-3-14(4-9-16)7-12-19(22)24/h3-6,8-11,18H,7,12-13,21H2,1-2H3,(H2,22,24). The van der Waals surface area contributed by atoms with Crippen LogP contribution < -0.4 is 11.5 Å². The zero-order chi connectivity index (χ0) is 18.4. The molecule has 1 unspecified atom stereocenters. The summed E-state index contributed by atoms with van der Waals surface area (Å²) in [5, 5.41) is 0. The van der Waals surface area contributed by atoms with Crippen molar-refractivity contribution in [3.63, 3.8) is 0 Å². The van der Waals surface area contributed by atoms with Crippen LogP contribution in [0.15, 0.2) is 48.5 Å². The number of hydrogen-bond acceptors (Lipinski definition) is 3. The van der Waals surface area contributed by atoms with Gasteiger partial charge in [0.1, 0.15) is 0 Å². The van der Waals surface area contributed by atoms with Crippen LogP contribution in [0.1, 0.15) is 17.5 Å². The van der Waals surface area contributed by atoms with Crippen molar-refractivity contribution < 1.29 is 9.59 Å². The van der Waals surface area contributed by atoms with Crippen LogP contribution in [0.3, 0.4) is 0 Å². The van der Waals surface area contributed by atoms with Crippen LogP contribution in [0.4, 0.5) is 0 Å². The van der Waals surface area contributed by atoms with E-state index in [2.05, 4.69) is 0 Å². The maximum absolute atomic E-state index is 11.8. The molecule has 0 aliphatic heterocycles. The lowest BCUT2D eigenvalue weighted by Crippen LogP contribution is -2.41. The van der Waals surface area contributed by atoms with Gasteiger partial charge in [0.15, 0.2) is 0 Å². The molecule has 2 aromatic rings. The van der Waals surface area contributed by atoms with Gasteiger partial charge in [0.05, 0.1) is 6.04 Å². The van der Waals surface area contributed by atoms with E-state index in [0.717, 1.165) is 22.3 Å². The van der Waals surface area contributed by atoms with Crippen molar-refractivity contribution in [1.29, 1.82) is 0 Å². The van der Waals surface area contributed by atoms with Crippen LogP contribution in [0.2, 0.25) is 0 Å². The molecule has 2 aromatic carbocycles. The van der Waals surface area contributed by atoms with E-state index in [-0.39, 0.29) is 11.8 Å². The summed E-state index contributed by atoms with van der Waals surface area (Å²) in [5.41, 5.74) is 15.4. The lowest BCUT2D eigenvalue weighted by Gasteiger charge is -2.16. The van der Waals surface area contributed by atoms with Crippen LogP contribution in [0, 0.1) is 0 Å². The van der Waals surface area contributed by atoms with Gasteiger partial charge in [0.25, 0.3) is 0 Å². The van der Waals surface area contributed by atoms with E-state index in [9.17, 15) is 9.59 Å². The minimum atomic E-state index is -0.523. The molecule has 0 heterocycles. The Morgan fingerprint density at radius 2 is 1.40 bits per heavy atom. The Kier molecular flexibility index (Phi) is 6.31. The van der Waals surface area contributed by atoms with Gasteiger partial charge >= 0.3 is 0 Å². The fraction of sp³-hybridized carbons (Fsp3) is 0.300. The predicted octanol–water partition coefficient (Wildman–Crippen LogP) is 1.73. The molecule has 5 heteroatoms. The molecule has 25 heavy (non-hydrogen) atoms. The smallest absolute Gasteiger partial charge is 0.239 e. The largest absolute Gasteiger partial charge is 0.370 e.